The van der Waals surface area contributed by atoms with E-state index in [4.69, 9.17) is 19.7 Å². The van der Waals surface area contributed by atoms with Crippen LogP contribution in [0.2, 0.25) is 6.82 Å². The van der Waals surface area contributed by atoms with E-state index in [1.165, 1.54) is 36.1 Å². The Morgan fingerprint density at radius 2 is 1.93 bits per heavy atom. The molecule has 2 aromatic heterocycles. The highest BCUT2D eigenvalue weighted by molar-refractivity contribution is 7.99. The Hall–Kier alpha value is -3.57. The summed E-state index contributed by atoms with van der Waals surface area (Å²) in [6, 6.07) is 13.7. The van der Waals surface area contributed by atoms with Gasteiger partial charge in [0.05, 0.1) is 17.2 Å². The van der Waals surface area contributed by atoms with E-state index in [1.807, 2.05) is 23.5 Å². The summed E-state index contributed by atoms with van der Waals surface area (Å²) in [6.45, 7) is 1.44. The topological polar surface area (TPSA) is 214 Å². The number of phosphoric acid groups is 1. The number of anilines is 1. The quantitative estimate of drug-likeness (QED) is 0.0754. The number of rotatable bonds is 11. The average molecular weight is 656 g/mol. The van der Waals surface area contributed by atoms with Crippen molar-refractivity contribution in [2.75, 3.05) is 18.1 Å². The fourth-order valence-electron chi connectivity index (χ4n) is 5.45. The van der Waals surface area contributed by atoms with Gasteiger partial charge in [-0.05, 0) is 41.8 Å². The molecule has 0 radical (unpaired) electrons. The lowest BCUT2D eigenvalue weighted by molar-refractivity contribution is -0.146. The number of nitrogens with zero attached hydrogens (tertiary/aromatic N) is 5. The van der Waals surface area contributed by atoms with Crippen molar-refractivity contribution in [1.82, 2.24) is 24.3 Å². The lowest BCUT2D eigenvalue weighted by Crippen LogP contribution is -2.38. The Kier molecular flexibility index (Phi) is 8.85. The molecule has 15 nitrogen and oxygen atoms in total. The first kappa shape index (κ1) is 31.4. The number of aromatic nitrogens is 5. The molecule has 0 bridgehead atoms. The number of hydrogen-bond donors (Lipinski definition) is 4. The van der Waals surface area contributed by atoms with Crippen LogP contribution < -0.4 is 17.1 Å². The van der Waals surface area contributed by atoms with Gasteiger partial charge in [0.15, 0.2) is 11.4 Å². The summed E-state index contributed by atoms with van der Waals surface area (Å²) in [5.74, 6) is -0.371. The summed E-state index contributed by atoms with van der Waals surface area (Å²) < 4.78 is 30.2. The Morgan fingerprint density at radius 1 is 1.18 bits per heavy atom. The first-order valence-corrected chi connectivity index (χ1v) is 16.7. The van der Waals surface area contributed by atoms with Crippen LogP contribution in [0.5, 0.6) is 0 Å². The van der Waals surface area contributed by atoms with Gasteiger partial charge < -0.3 is 30.1 Å². The van der Waals surface area contributed by atoms with E-state index in [0.29, 0.717) is 18.4 Å². The molecule has 1 saturated heterocycles. The third-order valence-corrected chi connectivity index (χ3v) is 9.05. The van der Waals surface area contributed by atoms with Gasteiger partial charge in [0, 0.05) is 11.6 Å². The number of aliphatic hydroxyl groups is 1. The zero-order chi connectivity index (χ0) is 31.9. The molecule has 6 rings (SSSR count). The molecule has 2 aliphatic rings. The van der Waals surface area contributed by atoms with Gasteiger partial charge in [0.25, 0.3) is 0 Å². The first-order chi connectivity index (χ1) is 21.5. The Labute approximate surface area is 261 Å². The van der Waals surface area contributed by atoms with Crippen molar-refractivity contribution in [3.8, 4) is 5.69 Å². The molecule has 236 valence electrons. The highest BCUT2D eigenvalue weighted by Gasteiger charge is 2.49. The Morgan fingerprint density at radius 3 is 2.62 bits per heavy atom. The van der Waals surface area contributed by atoms with Crippen molar-refractivity contribution >= 4 is 55.1 Å². The largest absolute Gasteiger partial charge is 0.470 e. The van der Waals surface area contributed by atoms with E-state index >= 15 is 0 Å². The van der Waals surface area contributed by atoms with E-state index in [-0.39, 0.29) is 11.6 Å². The van der Waals surface area contributed by atoms with Crippen molar-refractivity contribution in [3.63, 3.8) is 0 Å². The smallest absolute Gasteiger partial charge is 0.462 e. The van der Waals surface area contributed by atoms with E-state index in [0.717, 1.165) is 33.1 Å². The number of fused-ring (bicyclic) bond motifs is 1. The molecular weight excluding hydrogens is 626 g/mol. The number of phosphoric ester groups is 1. The first-order valence-electron chi connectivity index (χ1n) is 14.2. The summed E-state index contributed by atoms with van der Waals surface area (Å²) in [5.41, 5.74) is 7.59. The molecule has 2 unspecified atom stereocenters. The standard InChI is InChI=1S/C27H30BN6O9PS/c1-28-25-31-32-27(34(25)18-9-8-15(14-6-7-14)16-4-2-3-5-17(16)18)45-13-21(35)41-12-19-23(43-44(38,39)40)22(36)24(42-19)33-11-10-20(29)30-26(33)37/h2-5,8-11,14,19,22-24,28,36H,6-7,12-13H2,1H3,(H2,29,30,37)(H2,38,39,40)/t19-,22?,23?,24-/m1/s1. The van der Waals surface area contributed by atoms with E-state index in [2.05, 4.69) is 39.4 Å². The van der Waals surface area contributed by atoms with E-state index < -0.39 is 50.6 Å². The van der Waals surface area contributed by atoms with Crippen molar-refractivity contribution in [2.45, 2.75) is 55.3 Å². The summed E-state index contributed by atoms with van der Waals surface area (Å²) >= 11 is 1.12. The second-order valence-electron chi connectivity index (χ2n) is 10.7. The van der Waals surface area contributed by atoms with Gasteiger partial charge in [0.1, 0.15) is 30.7 Å². The molecule has 2 fully saturated rings. The second-order valence-corrected chi connectivity index (χ2v) is 12.8. The molecule has 18 heteroatoms. The number of thioether (sulfide) groups is 1. The van der Waals surface area contributed by atoms with E-state index in [1.54, 1.807) is 0 Å². The van der Waals surface area contributed by atoms with Gasteiger partial charge in [-0.3, -0.25) is 18.5 Å². The number of benzene rings is 2. The molecule has 2 aromatic carbocycles. The van der Waals surface area contributed by atoms with Crippen LogP contribution in [0, 0.1) is 0 Å². The summed E-state index contributed by atoms with van der Waals surface area (Å²) in [4.78, 5) is 47.6. The van der Waals surface area contributed by atoms with Crippen molar-refractivity contribution in [3.05, 3.63) is 64.7 Å². The predicted octanol–water partition coefficient (Wildman–Crippen LogP) is 0.618. The highest BCUT2D eigenvalue weighted by Crippen LogP contribution is 2.45. The molecule has 45 heavy (non-hydrogen) atoms. The van der Waals surface area contributed by atoms with Crippen LogP contribution in [-0.2, 0) is 23.4 Å². The molecule has 0 spiro atoms. The maximum atomic E-state index is 12.9. The maximum absolute atomic E-state index is 12.9. The molecule has 0 amide bonds. The third-order valence-electron chi connectivity index (χ3n) is 7.63. The molecule has 1 aliphatic heterocycles. The Balaban J connectivity index is 1.17. The van der Waals surface area contributed by atoms with Gasteiger partial charge in [0.2, 0.25) is 7.28 Å². The average Bonchev–Trinajstić information content (AvgIpc) is 3.70. The zero-order valence-corrected chi connectivity index (χ0v) is 25.7. The number of nitrogens with two attached hydrogens (primary N) is 1. The van der Waals surface area contributed by atoms with Gasteiger partial charge >= 0.3 is 19.5 Å². The maximum Gasteiger partial charge on any atom is 0.470 e. The van der Waals surface area contributed by atoms with Gasteiger partial charge in [-0.15, -0.1) is 10.2 Å². The van der Waals surface area contributed by atoms with Crippen molar-refractivity contribution < 1.29 is 38.3 Å². The molecule has 4 atom stereocenters. The number of ether oxygens (including phenoxy) is 2. The number of carbonyl (C=O) groups excluding carboxylic acids is 1. The van der Waals surface area contributed by atoms with Crippen LogP contribution in [0.25, 0.3) is 16.5 Å². The highest BCUT2D eigenvalue weighted by atomic mass is 32.2. The molecule has 1 aliphatic carbocycles. The predicted molar refractivity (Wildman–Crippen MR) is 165 cm³/mol. The fourth-order valence-corrected chi connectivity index (χ4v) is 6.79. The second kappa shape index (κ2) is 12.7. The number of hydrogen-bond acceptors (Lipinski definition) is 12. The van der Waals surface area contributed by atoms with Gasteiger partial charge in [-0.1, -0.05) is 48.9 Å². The normalized spacial score (nSPS) is 21.7. The lowest BCUT2D eigenvalue weighted by atomic mass is 9.81. The number of esters is 1. The number of nitrogen functional groups attached to an aromatic ring is 1. The summed E-state index contributed by atoms with van der Waals surface area (Å²) in [7, 11) is -4.51. The Bertz CT molecular complexity index is 1850. The molecule has 4 aromatic rings. The van der Waals surface area contributed by atoms with Crippen LogP contribution in [0.3, 0.4) is 0 Å². The zero-order valence-electron chi connectivity index (χ0n) is 24.0. The third kappa shape index (κ3) is 6.70. The fraction of sp³-hybridized carbons (Fsp3) is 0.370. The lowest BCUT2D eigenvalue weighted by Gasteiger charge is -2.20. The monoisotopic (exact) mass is 656 g/mol. The van der Waals surface area contributed by atoms with Crippen molar-refractivity contribution in [2.24, 2.45) is 0 Å². The minimum Gasteiger partial charge on any atom is -0.462 e. The van der Waals surface area contributed by atoms with Crippen LogP contribution in [0.15, 0.2) is 58.6 Å². The number of carbonyl (C=O) groups is 1. The van der Waals surface area contributed by atoms with Crippen LogP contribution >= 0.6 is 19.6 Å². The van der Waals surface area contributed by atoms with Crippen LogP contribution in [0.4, 0.5) is 5.82 Å². The minimum absolute atomic E-state index is 0.0694. The minimum atomic E-state index is -5.11. The summed E-state index contributed by atoms with van der Waals surface area (Å²) in [5, 5.41) is 22.1. The SMILES string of the molecule is CBc1nnc(SCC(=O)OC[C@H]2O[C@@H](n3ccc(N)nc3=O)C(O)C2OP(=O)(O)O)n1-c1ccc(C2CC2)c2ccccc12. The molecular formula is C27H30BN6O9PS. The number of aliphatic hydroxyl groups excluding tert-OH is 1. The van der Waals surface area contributed by atoms with Crippen LogP contribution in [-0.4, -0.2) is 83.1 Å². The van der Waals surface area contributed by atoms with Gasteiger partial charge in [-0.25, -0.2) is 9.36 Å². The van der Waals surface area contributed by atoms with Crippen molar-refractivity contribution in [1.29, 1.82) is 0 Å². The molecule has 1 saturated carbocycles. The summed E-state index contributed by atoms with van der Waals surface area (Å²) in [6.07, 6.45) is -2.56. The van der Waals surface area contributed by atoms with E-state index in [9.17, 15) is 29.0 Å². The van der Waals surface area contributed by atoms with Gasteiger partial charge in [-0.2, -0.15) is 4.98 Å². The molecule has 3 heterocycles. The van der Waals surface area contributed by atoms with Crippen LogP contribution in [0.1, 0.15) is 30.6 Å². The molecule has 5 N–H and O–H groups in total.